The lowest BCUT2D eigenvalue weighted by Crippen LogP contribution is -2.40. The van der Waals surface area contributed by atoms with Crippen molar-refractivity contribution in [1.29, 1.82) is 0 Å². The summed E-state index contributed by atoms with van der Waals surface area (Å²) < 4.78 is 37.6. The molecule has 1 unspecified atom stereocenters. The monoisotopic (exact) mass is 363 g/mol. The number of nitrogens with one attached hydrogen (secondary N) is 2. The minimum atomic E-state index is -4.39. The fourth-order valence-corrected chi connectivity index (χ4v) is 3.48. The Bertz CT molecular complexity index is 543. The van der Waals surface area contributed by atoms with Gasteiger partial charge in [-0.05, 0) is 31.8 Å². The smallest absolute Gasteiger partial charge is 0.356 e. The van der Waals surface area contributed by atoms with Crippen molar-refractivity contribution < 1.29 is 13.2 Å². The average Bonchev–Trinajstić information content (AvgIpc) is 3.17. The Morgan fingerprint density at radius 2 is 2.25 bits per heavy atom. The molecule has 0 amide bonds. The summed E-state index contributed by atoms with van der Waals surface area (Å²) in [6.45, 7) is 6.57. The number of likely N-dealkylation sites (tertiary alicyclic amines) is 1. The second-order valence-corrected chi connectivity index (χ2v) is 6.83. The maximum Gasteiger partial charge on any atom is 0.434 e. The van der Waals surface area contributed by atoms with Gasteiger partial charge in [-0.1, -0.05) is 6.92 Å². The lowest BCUT2D eigenvalue weighted by Gasteiger charge is -2.16. The first kappa shape index (κ1) is 19.0. The molecule has 1 aliphatic rings. The predicted octanol–water partition coefficient (Wildman–Crippen LogP) is 2.56. The molecule has 0 spiro atoms. The molecular formula is C15H24F3N5S. The Morgan fingerprint density at radius 3 is 2.88 bits per heavy atom. The number of alkyl halides is 3. The van der Waals surface area contributed by atoms with E-state index in [-0.39, 0.29) is 6.54 Å². The number of halogens is 3. The van der Waals surface area contributed by atoms with Gasteiger partial charge in [-0.3, -0.25) is 4.99 Å². The first-order valence-corrected chi connectivity index (χ1v) is 8.98. The van der Waals surface area contributed by atoms with E-state index in [1.807, 2.05) is 0 Å². The largest absolute Gasteiger partial charge is 0.434 e. The molecule has 0 aliphatic carbocycles. The molecule has 1 aromatic heterocycles. The van der Waals surface area contributed by atoms with Crippen LogP contribution in [0.15, 0.2) is 10.4 Å². The van der Waals surface area contributed by atoms with Crippen LogP contribution >= 0.6 is 11.3 Å². The molecule has 1 aliphatic heterocycles. The summed E-state index contributed by atoms with van der Waals surface area (Å²) in [6, 6.07) is 0. The van der Waals surface area contributed by atoms with Crippen molar-refractivity contribution in [1.82, 2.24) is 20.5 Å². The molecule has 2 rings (SSSR count). The molecule has 24 heavy (non-hydrogen) atoms. The van der Waals surface area contributed by atoms with E-state index < -0.39 is 11.9 Å². The van der Waals surface area contributed by atoms with Crippen molar-refractivity contribution in [2.45, 2.75) is 32.5 Å². The standard InChI is InChI=1S/C15H24F3N5S/c1-3-5-23-6-4-11(9-23)7-20-14(19-2)21-8-13-22-12(10-24-13)15(16,17)18/h10-11H,3-9H2,1-2H3,(H2,19,20,21). The minimum absolute atomic E-state index is 0.229. The molecule has 0 aromatic carbocycles. The molecule has 2 heterocycles. The highest BCUT2D eigenvalue weighted by atomic mass is 32.1. The van der Waals surface area contributed by atoms with E-state index in [0.717, 1.165) is 55.7 Å². The van der Waals surface area contributed by atoms with Gasteiger partial charge >= 0.3 is 6.18 Å². The van der Waals surface area contributed by atoms with Gasteiger partial charge in [0.25, 0.3) is 0 Å². The van der Waals surface area contributed by atoms with E-state index in [1.54, 1.807) is 7.05 Å². The lowest BCUT2D eigenvalue weighted by atomic mass is 10.1. The van der Waals surface area contributed by atoms with Crippen molar-refractivity contribution >= 4 is 17.3 Å². The highest BCUT2D eigenvalue weighted by Crippen LogP contribution is 2.29. The molecule has 136 valence electrons. The molecule has 0 bridgehead atoms. The van der Waals surface area contributed by atoms with Crippen LogP contribution in [0.1, 0.15) is 30.5 Å². The zero-order chi connectivity index (χ0) is 17.6. The average molecular weight is 363 g/mol. The first-order valence-electron chi connectivity index (χ1n) is 8.10. The summed E-state index contributed by atoms with van der Waals surface area (Å²) in [6.07, 6.45) is -2.07. The Balaban J connectivity index is 1.74. The Labute approximate surface area is 144 Å². The quantitative estimate of drug-likeness (QED) is 0.603. The number of aromatic nitrogens is 1. The molecule has 1 fully saturated rings. The zero-order valence-electron chi connectivity index (χ0n) is 14.0. The van der Waals surface area contributed by atoms with E-state index in [2.05, 4.69) is 32.4 Å². The normalized spacial score (nSPS) is 19.7. The summed E-state index contributed by atoms with van der Waals surface area (Å²) in [5.74, 6) is 1.17. The minimum Gasteiger partial charge on any atom is -0.356 e. The Kier molecular flexibility index (Phi) is 6.85. The topological polar surface area (TPSA) is 52.5 Å². The Hall–Kier alpha value is -1.35. The van der Waals surface area contributed by atoms with Crippen LogP contribution < -0.4 is 10.6 Å². The number of guanidine groups is 1. The summed E-state index contributed by atoms with van der Waals surface area (Å²) in [5, 5.41) is 7.69. The molecule has 0 radical (unpaired) electrons. The highest BCUT2D eigenvalue weighted by Gasteiger charge is 2.33. The molecule has 1 aromatic rings. The van der Waals surface area contributed by atoms with E-state index in [1.165, 1.54) is 0 Å². The SMILES string of the molecule is CCCN1CCC(CNC(=NC)NCc2nc(C(F)(F)F)cs2)C1. The van der Waals surface area contributed by atoms with Crippen molar-refractivity contribution in [3.63, 3.8) is 0 Å². The second-order valence-electron chi connectivity index (χ2n) is 5.89. The second kappa shape index (κ2) is 8.66. The van der Waals surface area contributed by atoms with Crippen LogP contribution in [0.3, 0.4) is 0 Å². The molecular weight excluding hydrogens is 339 g/mol. The predicted molar refractivity (Wildman–Crippen MR) is 90.2 cm³/mol. The van der Waals surface area contributed by atoms with E-state index in [9.17, 15) is 13.2 Å². The van der Waals surface area contributed by atoms with Crippen molar-refractivity contribution in [2.24, 2.45) is 10.9 Å². The van der Waals surface area contributed by atoms with Gasteiger partial charge in [0.05, 0.1) is 6.54 Å². The number of thiazole rings is 1. The number of rotatable bonds is 6. The summed E-state index contributed by atoms with van der Waals surface area (Å²) in [7, 11) is 1.65. The summed E-state index contributed by atoms with van der Waals surface area (Å²) in [4.78, 5) is 10.2. The van der Waals surface area contributed by atoms with Crippen molar-refractivity contribution in [3.05, 3.63) is 16.1 Å². The molecule has 9 heteroatoms. The number of nitrogens with zero attached hydrogens (tertiary/aromatic N) is 3. The third-order valence-corrected chi connectivity index (χ3v) is 4.79. The summed E-state index contributed by atoms with van der Waals surface area (Å²) in [5.41, 5.74) is -0.839. The van der Waals surface area contributed by atoms with Crippen LogP contribution in [0.5, 0.6) is 0 Å². The van der Waals surface area contributed by atoms with Gasteiger partial charge in [0.15, 0.2) is 11.7 Å². The van der Waals surface area contributed by atoms with Crippen molar-refractivity contribution in [3.8, 4) is 0 Å². The van der Waals surface area contributed by atoms with Crippen LogP contribution in [0.4, 0.5) is 13.2 Å². The van der Waals surface area contributed by atoms with Gasteiger partial charge in [0.1, 0.15) is 5.01 Å². The fraction of sp³-hybridized carbons (Fsp3) is 0.733. The highest BCUT2D eigenvalue weighted by molar-refractivity contribution is 7.09. The van der Waals surface area contributed by atoms with E-state index >= 15 is 0 Å². The Morgan fingerprint density at radius 1 is 1.46 bits per heavy atom. The van der Waals surface area contributed by atoms with Gasteiger partial charge < -0.3 is 15.5 Å². The fourth-order valence-electron chi connectivity index (χ4n) is 2.74. The third kappa shape index (κ3) is 5.62. The molecule has 0 saturated carbocycles. The molecule has 1 atom stereocenters. The van der Waals surface area contributed by atoms with Crippen molar-refractivity contribution in [2.75, 3.05) is 33.2 Å². The van der Waals surface area contributed by atoms with Gasteiger partial charge in [-0.2, -0.15) is 13.2 Å². The zero-order valence-corrected chi connectivity index (χ0v) is 14.8. The number of hydrogen-bond acceptors (Lipinski definition) is 4. The maximum absolute atomic E-state index is 12.5. The molecule has 5 nitrogen and oxygen atoms in total. The maximum atomic E-state index is 12.5. The van der Waals surface area contributed by atoms with E-state index in [4.69, 9.17) is 0 Å². The van der Waals surface area contributed by atoms with Gasteiger partial charge in [0.2, 0.25) is 0 Å². The van der Waals surface area contributed by atoms with Gasteiger partial charge in [0, 0.05) is 25.5 Å². The lowest BCUT2D eigenvalue weighted by molar-refractivity contribution is -0.140. The van der Waals surface area contributed by atoms with Crippen LogP contribution in [0, 0.1) is 5.92 Å². The number of hydrogen-bond donors (Lipinski definition) is 2. The van der Waals surface area contributed by atoms with Gasteiger partial charge in [-0.15, -0.1) is 11.3 Å². The van der Waals surface area contributed by atoms with Crippen LogP contribution in [-0.2, 0) is 12.7 Å². The molecule has 1 saturated heterocycles. The van der Waals surface area contributed by atoms with E-state index in [0.29, 0.717) is 16.9 Å². The van der Waals surface area contributed by atoms with Crippen LogP contribution in [-0.4, -0.2) is 49.1 Å². The summed E-state index contributed by atoms with van der Waals surface area (Å²) >= 11 is 0.995. The van der Waals surface area contributed by atoms with Gasteiger partial charge in [-0.25, -0.2) is 4.98 Å². The molecule has 2 N–H and O–H groups in total. The number of aliphatic imine (C=N–C) groups is 1. The van der Waals surface area contributed by atoms with Crippen LogP contribution in [0.25, 0.3) is 0 Å². The van der Waals surface area contributed by atoms with Crippen LogP contribution in [0.2, 0.25) is 0 Å². The third-order valence-electron chi connectivity index (χ3n) is 3.94. The first-order chi connectivity index (χ1) is 11.4.